The van der Waals surface area contributed by atoms with E-state index in [4.69, 9.17) is 0 Å². The normalized spacial score (nSPS) is 9.31. The highest BCUT2D eigenvalue weighted by atomic mass is 16.5. The van der Waals surface area contributed by atoms with Gasteiger partial charge in [-0.1, -0.05) is 29.8 Å². The van der Waals surface area contributed by atoms with Crippen molar-refractivity contribution in [2.24, 2.45) is 0 Å². The van der Waals surface area contributed by atoms with Gasteiger partial charge in [-0.3, -0.25) is 4.79 Å². The van der Waals surface area contributed by atoms with Crippen molar-refractivity contribution in [1.29, 1.82) is 0 Å². The maximum atomic E-state index is 11.2. The zero-order valence-electron chi connectivity index (χ0n) is 7.24. The molecule has 0 fully saturated rings. The van der Waals surface area contributed by atoms with Crippen LogP contribution in [0, 0.1) is 6.92 Å². The molecule has 0 unspecified atom stereocenters. The zero-order chi connectivity index (χ0) is 9.68. The van der Waals surface area contributed by atoms with Crippen LogP contribution in [0.5, 0.6) is 0 Å². The molecular weight excluding hydrogens is 168 g/mol. The second-order valence-corrected chi connectivity index (χ2v) is 2.66. The summed E-state index contributed by atoms with van der Waals surface area (Å²) in [5.74, 6) is -0.219. The topological polar surface area (TPSA) is 43.4 Å². The highest BCUT2D eigenvalue weighted by Gasteiger charge is 2.04. The number of carbonyl (C=O) groups is 1. The molecule has 0 saturated heterocycles. The van der Waals surface area contributed by atoms with Gasteiger partial charge in [-0.15, -0.1) is 0 Å². The number of hydrogen-bond donors (Lipinski definition) is 0. The predicted molar refractivity (Wildman–Crippen MR) is 47.2 cm³/mol. The minimum Gasteiger partial charge on any atom is -0.449 e. The first kappa shape index (κ1) is 9.45. The standard InChI is InChI=1S/C10H9O3/c1-8-2-4-9(5-3-8)10(12)6-13-7-11/h2-5H,6H2,1H3. The van der Waals surface area contributed by atoms with Crippen molar-refractivity contribution in [2.45, 2.75) is 6.92 Å². The Balaban J connectivity index is 2.66. The number of ether oxygens (including phenoxy) is 1. The molecule has 3 heteroatoms. The summed E-state index contributed by atoms with van der Waals surface area (Å²) in [5.41, 5.74) is 1.63. The number of Topliss-reactive ketones (excluding diaryl/α,β-unsaturated/α-hetero) is 1. The Hall–Kier alpha value is -1.64. The van der Waals surface area contributed by atoms with Crippen LogP contribution in [0.25, 0.3) is 0 Å². The van der Waals surface area contributed by atoms with E-state index in [1.807, 2.05) is 19.1 Å². The fourth-order valence-corrected chi connectivity index (χ4v) is 0.918. The van der Waals surface area contributed by atoms with Crippen molar-refractivity contribution in [3.63, 3.8) is 0 Å². The fourth-order valence-electron chi connectivity index (χ4n) is 0.918. The quantitative estimate of drug-likeness (QED) is 0.650. The molecule has 0 aliphatic heterocycles. The van der Waals surface area contributed by atoms with Gasteiger partial charge in [-0.05, 0) is 6.92 Å². The van der Waals surface area contributed by atoms with Gasteiger partial charge < -0.3 is 4.74 Å². The Morgan fingerprint density at radius 3 is 2.54 bits per heavy atom. The lowest BCUT2D eigenvalue weighted by atomic mass is 10.1. The number of benzene rings is 1. The summed E-state index contributed by atoms with van der Waals surface area (Å²) >= 11 is 0. The summed E-state index contributed by atoms with van der Waals surface area (Å²) in [6.45, 7) is 2.90. The fraction of sp³-hybridized carbons (Fsp3) is 0.200. The average Bonchev–Trinajstić information content (AvgIpc) is 2.15. The van der Waals surface area contributed by atoms with E-state index in [9.17, 15) is 9.59 Å². The number of ketones is 1. The summed E-state index contributed by atoms with van der Waals surface area (Å²) in [7, 11) is 0. The first-order chi connectivity index (χ1) is 6.24. The van der Waals surface area contributed by atoms with Crippen LogP contribution >= 0.6 is 0 Å². The van der Waals surface area contributed by atoms with Gasteiger partial charge in [0.15, 0.2) is 12.4 Å². The minimum atomic E-state index is -0.243. The summed E-state index contributed by atoms with van der Waals surface area (Å²) < 4.78 is 4.22. The molecule has 0 aromatic heterocycles. The molecule has 1 aromatic carbocycles. The smallest absolute Gasteiger partial charge is 0.417 e. The molecule has 3 nitrogen and oxygen atoms in total. The van der Waals surface area contributed by atoms with Crippen LogP contribution in [0.3, 0.4) is 0 Å². The van der Waals surface area contributed by atoms with Crippen LogP contribution in [0.15, 0.2) is 24.3 Å². The molecule has 13 heavy (non-hydrogen) atoms. The maximum absolute atomic E-state index is 11.2. The Morgan fingerprint density at radius 2 is 2.00 bits per heavy atom. The Bertz CT molecular complexity index is 300. The summed E-state index contributed by atoms with van der Waals surface area (Å²) in [6, 6.07) is 7.06. The van der Waals surface area contributed by atoms with Gasteiger partial charge in [-0.25, -0.2) is 4.79 Å². The number of hydrogen-bond acceptors (Lipinski definition) is 3. The minimum absolute atomic E-state index is 0.219. The molecule has 1 radical (unpaired) electrons. The SMILES string of the molecule is Cc1ccc(C(=O)CO[C]=O)cc1. The molecule has 67 valence electrons. The zero-order valence-corrected chi connectivity index (χ0v) is 7.24. The van der Waals surface area contributed by atoms with E-state index in [0.29, 0.717) is 5.56 Å². The molecule has 0 N–H and O–H groups in total. The molecule has 1 rings (SSSR count). The third-order valence-corrected chi connectivity index (χ3v) is 1.64. The number of carbonyl (C=O) groups excluding carboxylic acids is 2. The first-order valence-electron chi connectivity index (χ1n) is 3.83. The van der Waals surface area contributed by atoms with Gasteiger partial charge in [0.25, 0.3) is 0 Å². The van der Waals surface area contributed by atoms with Crippen LogP contribution < -0.4 is 0 Å². The molecule has 0 aliphatic rings. The first-order valence-corrected chi connectivity index (χ1v) is 3.83. The molecule has 0 saturated carbocycles. The van der Waals surface area contributed by atoms with Gasteiger partial charge >= 0.3 is 6.47 Å². The average molecular weight is 177 g/mol. The van der Waals surface area contributed by atoms with Crippen molar-refractivity contribution in [2.75, 3.05) is 6.61 Å². The van der Waals surface area contributed by atoms with Crippen LogP contribution in [-0.2, 0) is 9.53 Å². The molecule has 0 spiro atoms. The van der Waals surface area contributed by atoms with E-state index in [1.54, 1.807) is 12.1 Å². The summed E-state index contributed by atoms with van der Waals surface area (Å²) in [5, 5.41) is 0. The van der Waals surface area contributed by atoms with Crippen LogP contribution in [0.1, 0.15) is 15.9 Å². The monoisotopic (exact) mass is 177 g/mol. The van der Waals surface area contributed by atoms with Crippen molar-refractivity contribution < 1.29 is 14.3 Å². The van der Waals surface area contributed by atoms with Crippen molar-refractivity contribution >= 4 is 12.3 Å². The van der Waals surface area contributed by atoms with Gasteiger partial charge in [0.1, 0.15) is 0 Å². The van der Waals surface area contributed by atoms with Crippen LogP contribution in [-0.4, -0.2) is 18.9 Å². The summed E-state index contributed by atoms with van der Waals surface area (Å²) in [4.78, 5) is 20.9. The van der Waals surface area contributed by atoms with E-state index in [2.05, 4.69) is 4.74 Å². The number of aryl methyl sites for hydroxylation is 1. The predicted octanol–water partition coefficient (Wildman–Crippen LogP) is 1.26. The van der Waals surface area contributed by atoms with E-state index in [-0.39, 0.29) is 12.4 Å². The highest BCUT2D eigenvalue weighted by molar-refractivity contribution is 5.97. The second kappa shape index (κ2) is 4.40. The van der Waals surface area contributed by atoms with E-state index in [1.165, 1.54) is 6.47 Å². The Kier molecular flexibility index (Phi) is 3.20. The highest BCUT2D eigenvalue weighted by Crippen LogP contribution is 2.03. The molecule has 1 aromatic rings. The van der Waals surface area contributed by atoms with Crippen molar-refractivity contribution in [1.82, 2.24) is 0 Å². The van der Waals surface area contributed by atoms with Gasteiger partial charge in [-0.2, -0.15) is 0 Å². The van der Waals surface area contributed by atoms with Gasteiger partial charge in [0, 0.05) is 5.56 Å². The molecule has 0 amide bonds. The van der Waals surface area contributed by atoms with E-state index in [0.717, 1.165) is 5.56 Å². The largest absolute Gasteiger partial charge is 0.449 e. The van der Waals surface area contributed by atoms with Crippen LogP contribution in [0.2, 0.25) is 0 Å². The molecule has 0 bridgehead atoms. The third kappa shape index (κ3) is 2.71. The van der Waals surface area contributed by atoms with Crippen molar-refractivity contribution in [3.05, 3.63) is 35.4 Å². The molecule has 0 heterocycles. The molecule has 0 atom stereocenters. The Morgan fingerprint density at radius 1 is 1.38 bits per heavy atom. The third-order valence-electron chi connectivity index (χ3n) is 1.64. The van der Waals surface area contributed by atoms with E-state index < -0.39 is 0 Å². The second-order valence-electron chi connectivity index (χ2n) is 2.66. The molecule has 0 aliphatic carbocycles. The lowest BCUT2D eigenvalue weighted by molar-refractivity contribution is 0.0909. The Labute approximate surface area is 76.3 Å². The van der Waals surface area contributed by atoms with E-state index >= 15 is 0 Å². The van der Waals surface area contributed by atoms with Crippen LogP contribution in [0.4, 0.5) is 0 Å². The van der Waals surface area contributed by atoms with Crippen molar-refractivity contribution in [3.8, 4) is 0 Å². The van der Waals surface area contributed by atoms with Gasteiger partial charge in [0.05, 0.1) is 0 Å². The summed E-state index contributed by atoms with van der Waals surface area (Å²) in [6.07, 6.45) is 0. The lowest BCUT2D eigenvalue weighted by Crippen LogP contribution is -2.07. The van der Waals surface area contributed by atoms with Gasteiger partial charge in [0.2, 0.25) is 0 Å². The lowest BCUT2D eigenvalue weighted by Gasteiger charge is -1.98. The number of rotatable bonds is 4. The molecular formula is C10H9O3. The maximum Gasteiger partial charge on any atom is 0.417 e.